The van der Waals surface area contributed by atoms with Crippen LogP contribution in [0, 0.1) is 6.92 Å². The number of nitrogens with zero attached hydrogens (tertiary/aromatic N) is 2. The fourth-order valence-corrected chi connectivity index (χ4v) is 4.64. The van der Waals surface area contributed by atoms with Crippen LogP contribution in [0.2, 0.25) is 5.02 Å². The van der Waals surface area contributed by atoms with Crippen LogP contribution >= 0.6 is 23.4 Å². The smallest absolute Gasteiger partial charge is 0.249 e. The number of benzene rings is 2. The van der Waals surface area contributed by atoms with Crippen LogP contribution in [0.25, 0.3) is 0 Å². The largest absolute Gasteiger partial charge is 0.489 e. The molecule has 1 aliphatic heterocycles. The predicted molar refractivity (Wildman–Crippen MR) is 128 cm³/mol. The number of hydrogen-bond donors (Lipinski definition) is 3. The average Bonchev–Trinajstić information content (AvgIpc) is 3.12. The van der Waals surface area contributed by atoms with Gasteiger partial charge in [0.15, 0.2) is 5.17 Å². The van der Waals surface area contributed by atoms with Gasteiger partial charge in [-0.1, -0.05) is 54.6 Å². The van der Waals surface area contributed by atoms with Gasteiger partial charge in [-0.2, -0.15) is 0 Å². The van der Waals surface area contributed by atoms with E-state index in [0.717, 1.165) is 17.7 Å². The Morgan fingerprint density at radius 1 is 1.25 bits per heavy atom. The first-order valence-corrected chi connectivity index (χ1v) is 11.6. The molecule has 32 heavy (non-hydrogen) atoms. The van der Waals surface area contributed by atoms with Crippen molar-refractivity contribution in [2.24, 2.45) is 4.99 Å². The van der Waals surface area contributed by atoms with Crippen LogP contribution in [-0.2, 0) is 4.79 Å². The van der Waals surface area contributed by atoms with Crippen LogP contribution in [0.3, 0.4) is 0 Å². The number of ether oxygens (including phenoxy) is 1. The second-order valence-electron chi connectivity index (χ2n) is 7.44. The molecule has 3 N–H and O–H groups in total. The zero-order chi connectivity index (χ0) is 23.3. The highest BCUT2D eigenvalue weighted by atomic mass is 35.5. The highest BCUT2D eigenvalue weighted by Gasteiger charge is 2.43. The number of aliphatic hydroxyl groups is 3. The minimum Gasteiger partial charge on any atom is -0.489 e. The molecule has 1 saturated heterocycles. The van der Waals surface area contributed by atoms with E-state index in [0.29, 0.717) is 23.0 Å². The molecule has 2 aromatic carbocycles. The van der Waals surface area contributed by atoms with Crippen molar-refractivity contribution in [2.45, 2.75) is 37.7 Å². The van der Waals surface area contributed by atoms with Gasteiger partial charge in [-0.15, -0.1) is 0 Å². The van der Waals surface area contributed by atoms with Gasteiger partial charge in [-0.3, -0.25) is 14.7 Å². The van der Waals surface area contributed by atoms with Crippen molar-refractivity contribution in [2.75, 3.05) is 24.7 Å². The molecular weight excluding hydrogens is 452 g/mol. The third kappa shape index (κ3) is 5.44. The minimum absolute atomic E-state index is 0.113. The van der Waals surface area contributed by atoms with E-state index in [1.165, 1.54) is 11.8 Å². The molecule has 172 valence electrons. The van der Waals surface area contributed by atoms with Crippen LogP contribution in [0.5, 0.6) is 5.75 Å². The second-order valence-corrected chi connectivity index (χ2v) is 8.96. The molecular formula is C23H27ClN2O5S. The molecule has 2 aromatic rings. The fraction of sp³-hybridized carbons (Fsp3) is 0.391. The van der Waals surface area contributed by atoms with Crippen molar-refractivity contribution < 1.29 is 24.9 Å². The Labute approximate surface area is 196 Å². The Kier molecular flexibility index (Phi) is 8.56. The molecule has 9 heteroatoms. The summed E-state index contributed by atoms with van der Waals surface area (Å²) in [6.07, 6.45) is -1.28. The summed E-state index contributed by atoms with van der Waals surface area (Å²) in [6, 6.07) is 12.3. The van der Waals surface area contributed by atoms with Gasteiger partial charge < -0.3 is 20.1 Å². The van der Waals surface area contributed by atoms with Gasteiger partial charge >= 0.3 is 0 Å². The maximum Gasteiger partial charge on any atom is 0.249 e. The number of para-hydroxylation sites is 1. The molecule has 0 saturated carbocycles. The van der Waals surface area contributed by atoms with Gasteiger partial charge in [0.1, 0.15) is 29.8 Å². The Balaban J connectivity index is 1.85. The Morgan fingerprint density at radius 2 is 2.00 bits per heavy atom. The van der Waals surface area contributed by atoms with Crippen molar-refractivity contribution in [3.63, 3.8) is 0 Å². The number of carbonyl (C=O) groups excluding carboxylic acids is 1. The van der Waals surface area contributed by atoms with E-state index in [2.05, 4.69) is 4.99 Å². The van der Waals surface area contributed by atoms with Crippen molar-refractivity contribution in [3.05, 3.63) is 58.6 Å². The van der Waals surface area contributed by atoms with Crippen LogP contribution < -0.4 is 9.64 Å². The maximum atomic E-state index is 13.4. The van der Waals surface area contributed by atoms with E-state index in [1.807, 2.05) is 38.1 Å². The van der Waals surface area contributed by atoms with Crippen molar-refractivity contribution in [3.8, 4) is 5.75 Å². The first kappa shape index (κ1) is 24.5. The maximum absolute atomic E-state index is 13.4. The Hall–Kier alpha value is -2.10. The summed E-state index contributed by atoms with van der Waals surface area (Å²) in [5, 5.41) is 29.4. The standard InChI is InChI=1S/C23H27ClN2O5S/c1-3-10-25-23-26(18-7-5-4-6-14(18)2)22(30)21(32-23)20(29)15-8-9-19(17(24)11-15)31-13-16(28)12-27/h4-9,11,16,20-21,27-29H,3,10,12-13H2,1-2H3/b25-23+. The summed E-state index contributed by atoms with van der Waals surface area (Å²) in [7, 11) is 0. The minimum atomic E-state index is -1.11. The van der Waals surface area contributed by atoms with Crippen molar-refractivity contribution >= 4 is 40.1 Å². The van der Waals surface area contributed by atoms with Gasteiger partial charge in [0.25, 0.3) is 0 Å². The number of rotatable bonds is 9. The fourth-order valence-electron chi connectivity index (χ4n) is 3.22. The number of aryl methyl sites for hydroxylation is 1. The number of thioether (sulfide) groups is 1. The number of halogens is 1. The van der Waals surface area contributed by atoms with E-state index in [-0.39, 0.29) is 17.5 Å². The normalized spacial score (nSPS) is 19.4. The van der Waals surface area contributed by atoms with Gasteiger partial charge in [0.2, 0.25) is 5.91 Å². The van der Waals surface area contributed by atoms with Crippen LogP contribution in [-0.4, -0.2) is 57.5 Å². The zero-order valence-corrected chi connectivity index (χ0v) is 19.5. The summed E-state index contributed by atoms with van der Waals surface area (Å²) >= 11 is 7.52. The Bertz CT molecular complexity index is 987. The molecule has 7 nitrogen and oxygen atoms in total. The topological polar surface area (TPSA) is 103 Å². The van der Waals surface area contributed by atoms with Crippen LogP contribution in [0.15, 0.2) is 47.5 Å². The first-order valence-electron chi connectivity index (χ1n) is 10.4. The summed E-state index contributed by atoms with van der Waals surface area (Å²) in [5.74, 6) is 0.0708. The predicted octanol–water partition coefficient (Wildman–Crippen LogP) is 3.33. The van der Waals surface area contributed by atoms with Crippen LogP contribution in [0.1, 0.15) is 30.6 Å². The highest BCUT2D eigenvalue weighted by molar-refractivity contribution is 8.16. The second kappa shape index (κ2) is 11.2. The monoisotopic (exact) mass is 478 g/mol. The molecule has 3 unspecified atom stereocenters. The SMILES string of the molecule is CCC/N=C1/SC(C(O)c2ccc(OCC(O)CO)c(Cl)c2)C(=O)N1c1ccccc1C. The number of aliphatic hydroxyl groups excluding tert-OH is 3. The lowest BCUT2D eigenvalue weighted by Crippen LogP contribution is -2.34. The molecule has 0 aromatic heterocycles. The molecule has 3 atom stereocenters. The summed E-state index contributed by atoms with van der Waals surface area (Å²) in [6.45, 7) is 3.99. The quantitative estimate of drug-likeness (QED) is 0.511. The number of carbonyl (C=O) groups is 1. The van der Waals surface area contributed by atoms with E-state index in [1.54, 1.807) is 23.1 Å². The van der Waals surface area contributed by atoms with E-state index >= 15 is 0 Å². The molecule has 3 rings (SSSR count). The molecule has 0 bridgehead atoms. The molecule has 0 aliphatic carbocycles. The molecule has 0 spiro atoms. The summed E-state index contributed by atoms with van der Waals surface area (Å²) in [4.78, 5) is 19.5. The lowest BCUT2D eigenvalue weighted by molar-refractivity contribution is -0.118. The van der Waals surface area contributed by atoms with E-state index < -0.39 is 24.1 Å². The molecule has 1 fully saturated rings. The van der Waals surface area contributed by atoms with Crippen molar-refractivity contribution in [1.82, 2.24) is 0 Å². The number of anilines is 1. The average molecular weight is 479 g/mol. The zero-order valence-electron chi connectivity index (χ0n) is 17.9. The summed E-state index contributed by atoms with van der Waals surface area (Å²) in [5.41, 5.74) is 2.16. The van der Waals surface area contributed by atoms with E-state index in [9.17, 15) is 15.0 Å². The number of aliphatic imine (C=N–C) groups is 1. The van der Waals surface area contributed by atoms with Gasteiger partial charge in [-0.25, -0.2) is 0 Å². The lowest BCUT2D eigenvalue weighted by Gasteiger charge is -2.20. The lowest BCUT2D eigenvalue weighted by atomic mass is 10.0. The number of amidine groups is 1. The molecule has 1 amide bonds. The number of hydrogen-bond acceptors (Lipinski definition) is 7. The van der Waals surface area contributed by atoms with Crippen molar-refractivity contribution in [1.29, 1.82) is 0 Å². The molecule has 0 radical (unpaired) electrons. The third-order valence-electron chi connectivity index (χ3n) is 4.94. The first-order chi connectivity index (χ1) is 15.4. The molecule has 1 heterocycles. The van der Waals surface area contributed by atoms with Gasteiger partial charge in [0, 0.05) is 6.54 Å². The summed E-state index contributed by atoms with van der Waals surface area (Å²) < 4.78 is 5.40. The number of amides is 1. The highest BCUT2D eigenvalue weighted by Crippen LogP contribution is 2.40. The molecule has 1 aliphatic rings. The van der Waals surface area contributed by atoms with Gasteiger partial charge in [0.05, 0.1) is 17.3 Å². The van der Waals surface area contributed by atoms with Crippen LogP contribution in [0.4, 0.5) is 5.69 Å². The van der Waals surface area contributed by atoms with E-state index in [4.69, 9.17) is 21.4 Å². The third-order valence-corrected chi connectivity index (χ3v) is 6.47. The Morgan fingerprint density at radius 3 is 2.66 bits per heavy atom. The van der Waals surface area contributed by atoms with Gasteiger partial charge in [-0.05, 0) is 42.7 Å².